The molecule has 2 aliphatic carbocycles. The third-order valence-corrected chi connectivity index (χ3v) is 5.34. The van der Waals surface area contributed by atoms with Crippen molar-refractivity contribution in [2.24, 2.45) is 0 Å². The second-order valence-corrected chi connectivity index (χ2v) is 7.21. The van der Waals surface area contributed by atoms with Gasteiger partial charge >= 0.3 is 0 Å². The molecule has 2 saturated carbocycles. The minimum atomic E-state index is 0.229. The highest BCUT2D eigenvalue weighted by molar-refractivity contribution is 5.00. The standard InChI is InChI=1S/C17H27N3O/c1-2-8-17(9-3-1)10-6-16(21-17)13-20-11-7-15(19-20)12-18-14-4-5-14/h7,11,14,16,18H,1-6,8-10,12-13H2. The Morgan fingerprint density at radius 2 is 2.05 bits per heavy atom. The van der Waals surface area contributed by atoms with Crippen molar-refractivity contribution < 1.29 is 4.74 Å². The highest BCUT2D eigenvalue weighted by Gasteiger charge is 2.40. The lowest BCUT2D eigenvalue weighted by Crippen LogP contribution is -2.32. The third kappa shape index (κ3) is 3.32. The summed E-state index contributed by atoms with van der Waals surface area (Å²) in [4.78, 5) is 0. The summed E-state index contributed by atoms with van der Waals surface area (Å²) in [6.45, 7) is 1.83. The summed E-state index contributed by atoms with van der Waals surface area (Å²) in [5, 5.41) is 8.20. The highest BCUT2D eigenvalue weighted by atomic mass is 16.5. The second kappa shape index (κ2) is 5.73. The van der Waals surface area contributed by atoms with Crippen molar-refractivity contribution in [1.82, 2.24) is 15.1 Å². The lowest BCUT2D eigenvalue weighted by atomic mass is 9.83. The largest absolute Gasteiger partial charge is 0.370 e. The van der Waals surface area contributed by atoms with Gasteiger partial charge in [-0.05, 0) is 44.6 Å². The summed E-state index contributed by atoms with van der Waals surface area (Å²) in [7, 11) is 0. The maximum Gasteiger partial charge on any atom is 0.0779 e. The van der Waals surface area contributed by atoms with E-state index in [1.165, 1.54) is 57.8 Å². The molecule has 1 atom stereocenters. The average molecular weight is 289 g/mol. The zero-order valence-corrected chi connectivity index (χ0v) is 12.9. The molecule has 1 saturated heterocycles. The zero-order valence-electron chi connectivity index (χ0n) is 12.9. The molecule has 1 N–H and O–H groups in total. The molecule has 1 unspecified atom stereocenters. The van der Waals surface area contributed by atoms with Crippen molar-refractivity contribution in [2.75, 3.05) is 0 Å². The Kier molecular flexibility index (Phi) is 3.76. The summed E-state index contributed by atoms with van der Waals surface area (Å²) >= 11 is 0. The molecule has 21 heavy (non-hydrogen) atoms. The molecule has 0 bridgehead atoms. The number of aromatic nitrogens is 2. The van der Waals surface area contributed by atoms with Crippen LogP contribution < -0.4 is 5.32 Å². The van der Waals surface area contributed by atoms with E-state index in [1.54, 1.807) is 0 Å². The first kappa shape index (κ1) is 13.8. The fourth-order valence-electron chi connectivity index (χ4n) is 3.93. The molecule has 0 amide bonds. The number of nitrogens with zero attached hydrogens (tertiary/aromatic N) is 2. The van der Waals surface area contributed by atoms with E-state index in [4.69, 9.17) is 4.74 Å². The summed E-state index contributed by atoms with van der Waals surface area (Å²) < 4.78 is 8.51. The van der Waals surface area contributed by atoms with Crippen molar-refractivity contribution >= 4 is 0 Å². The van der Waals surface area contributed by atoms with E-state index in [-0.39, 0.29) is 5.60 Å². The molecular formula is C17H27N3O. The Hall–Kier alpha value is -0.870. The average Bonchev–Trinajstić information content (AvgIpc) is 3.11. The Labute approximate surface area is 127 Å². The first-order valence-corrected chi connectivity index (χ1v) is 8.75. The lowest BCUT2D eigenvalue weighted by Gasteiger charge is -2.33. The molecule has 116 valence electrons. The van der Waals surface area contributed by atoms with Gasteiger partial charge in [-0.2, -0.15) is 5.10 Å². The van der Waals surface area contributed by atoms with E-state index in [2.05, 4.69) is 27.4 Å². The van der Waals surface area contributed by atoms with Crippen LogP contribution in [-0.4, -0.2) is 27.5 Å². The number of hydrogen-bond donors (Lipinski definition) is 1. The van der Waals surface area contributed by atoms with Crippen LogP contribution in [0.3, 0.4) is 0 Å². The van der Waals surface area contributed by atoms with Crippen molar-refractivity contribution in [1.29, 1.82) is 0 Å². The number of ether oxygens (including phenoxy) is 1. The molecule has 4 rings (SSSR count). The van der Waals surface area contributed by atoms with E-state index in [0.717, 1.165) is 24.8 Å². The van der Waals surface area contributed by atoms with Crippen LogP contribution in [-0.2, 0) is 17.8 Å². The van der Waals surface area contributed by atoms with Crippen LogP contribution in [0.2, 0.25) is 0 Å². The molecular weight excluding hydrogens is 262 g/mol. The van der Waals surface area contributed by atoms with Gasteiger partial charge in [0, 0.05) is 18.8 Å². The summed E-state index contributed by atoms with van der Waals surface area (Å²) in [5.41, 5.74) is 1.39. The quantitative estimate of drug-likeness (QED) is 0.905. The SMILES string of the molecule is c1cn(CC2CCC3(CCCCC3)O2)nc1CNC1CC1. The normalized spacial score (nSPS) is 28.3. The Morgan fingerprint density at radius 1 is 1.19 bits per heavy atom. The summed E-state index contributed by atoms with van der Waals surface area (Å²) in [6, 6.07) is 2.89. The maximum absolute atomic E-state index is 6.43. The molecule has 0 radical (unpaired) electrons. The van der Waals surface area contributed by atoms with Crippen molar-refractivity contribution in [3.63, 3.8) is 0 Å². The van der Waals surface area contributed by atoms with Gasteiger partial charge in [-0.3, -0.25) is 4.68 Å². The van der Waals surface area contributed by atoms with Gasteiger partial charge in [-0.1, -0.05) is 19.3 Å². The molecule has 1 aromatic rings. The smallest absolute Gasteiger partial charge is 0.0779 e. The number of hydrogen-bond acceptors (Lipinski definition) is 3. The van der Waals surface area contributed by atoms with E-state index >= 15 is 0 Å². The first-order chi connectivity index (χ1) is 10.3. The highest BCUT2D eigenvalue weighted by Crippen LogP contribution is 2.42. The predicted octanol–water partition coefficient (Wildman–Crippen LogP) is 3.02. The van der Waals surface area contributed by atoms with Gasteiger partial charge in [0.1, 0.15) is 0 Å². The minimum absolute atomic E-state index is 0.229. The zero-order chi connectivity index (χ0) is 14.1. The molecule has 1 aromatic heterocycles. The molecule has 4 nitrogen and oxygen atoms in total. The van der Waals surface area contributed by atoms with Crippen LogP contribution in [0.25, 0.3) is 0 Å². The van der Waals surface area contributed by atoms with Crippen molar-refractivity contribution in [3.8, 4) is 0 Å². The summed E-state index contributed by atoms with van der Waals surface area (Å²) in [5.74, 6) is 0. The van der Waals surface area contributed by atoms with Gasteiger partial charge in [-0.25, -0.2) is 0 Å². The van der Waals surface area contributed by atoms with Crippen LogP contribution in [0.1, 0.15) is 63.5 Å². The monoisotopic (exact) mass is 289 g/mol. The van der Waals surface area contributed by atoms with Crippen molar-refractivity contribution in [3.05, 3.63) is 18.0 Å². The molecule has 3 fully saturated rings. The van der Waals surface area contributed by atoms with Gasteiger partial charge in [-0.15, -0.1) is 0 Å². The number of nitrogens with one attached hydrogen (secondary N) is 1. The van der Waals surface area contributed by atoms with Gasteiger partial charge in [0.05, 0.1) is 23.9 Å². The van der Waals surface area contributed by atoms with Gasteiger partial charge in [0.25, 0.3) is 0 Å². The van der Waals surface area contributed by atoms with Crippen LogP contribution in [0.4, 0.5) is 0 Å². The van der Waals surface area contributed by atoms with Crippen LogP contribution in [0.15, 0.2) is 12.3 Å². The predicted molar refractivity (Wildman–Crippen MR) is 82.0 cm³/mol. The molecule has 4 heteroatoms. The lowest BCUT2D eigenvalue weighted by molar-refractivity contribution is -0.0688. The Balaban J connectivity index is 1.29. The Bertz CT molecular complexity index is 474. The maximum atomic E-state index is 6.43. The van der Waals surface area contributed by atoms with Gasteiger partial charge in [0.2, 0.25) is 0 Å². The number of rotatable bonds is 5. The molecule has 0 aromatic carbocycles. The molecule has 1 spiro atoms. The fourth-order valence-corrected chi connectivity index (χ4v) is 3.93. The van der Waals surface area contributed by atoms with Crippen LogP contribution in [0.5, 0.6) is 0 Å². The fraction of sp³-hybridized carbons (Fsp3) is 0.824. The Morgan fingerprint density at radius 3 is 2.86 bits per heavy atom. The van der Waals surface area contributed by atoms with Gasteiger partial charge in [0.15, 0.2) is 0 Å². The molecule has 2 heterocycles. The van der Waals surface area contributed by atoms with Crippen molar-refractivity contribution in [2.45, 2.75) is 88.6 Å². The topological polar surface area (TPSA) is 39.1 Å². The van der Waals surface area contributed by atoms with Crippen LogP contribution >= 0.6 is 0 Å². The van der Waals surface area contributed by atoms with E-state index in [9.17, 15) is 0 Å². The van der Waals surface area contributed by atoms with Crippen LogP contribution in [0, 0.1) is 0 Å². The minimum Gasteiger partial charge on any atom is -0.370 e. The third-order valence-electron chi connectivity index (χ3n) is 5.34. The van der Waals surface area contributed by atoms with E-state index in [0.29, 0.717) is 6.10 Å². The molecule has 3 aliphatic rings. The first-order valence-electron chi connectivity index (χ1n) is 8.75. The van der Waals surface area contributed by atoms with Gasteiger partial charge < -0.3 is 10.1 Å². The van der Waals surface area contributed by atoms with E-state index < -0.39 is 0 Å². The second-order valence-electron chi connectivity index (χ2n) is 7.21. The summed E-state index contributed by atoms with van der Waals surface area (Å²) in [6.07, 6.45) is 14.3. The molecule has 1 aliphatic heterocycles. The van der Waals surface area contributed by atoms with E-state index in [1.807, 2.05) is 0 Å².